The molecule has 152 valence electrons. The molecule has 1 N–H and O–H groups in total. The molecule has 0 spiro atoms. The summed E-state index contributed by atoms with van der Waals surface area (Å²) in [6, 6.07) is 23.1. The molecule has 1 fully saturated rings. The lowest BCUT2D eigenvalue weighted by molar-refractivity contribution is 0.0746. The van der Waals surface area contributed by atoms with E-state index in [9.17, 15) is 5.11 Å². The molecular weight excluding hydrogens is 384 g/mol. The fourth-order valence-corrected chi connectivity index (χ4v) is 4.48. The minimum atomic E-state index is -0.148. The van der Waals surface area contributed by atoms with Gasteiger partial charge in [-0.2, -0.15) is 9.61 Å². The van der Waals surface area contributed by atoms with E-state index in [0.717, 1.165) is 57.6 Å². The molecule has 0 unspecified atom stereocenters. The molecule has 0 radical (unpaired) electrons. The lowest BCUT2D eigenvalue weighted by Crippen LogP contribution is -2.26. The van der Waals surface area contributed by atoms with Crippen molar-refractivity contribution in [1.29, 1.82) is 0 Å². The monoisotopic (exact) mass is 406 g/mol. The Kier molecular flexibility index (Phi) is 4.11. The number of nitrogens with zero attached hydrogens (tertiary/aromatic N) is 4. The van der Waals surface area contributed by atoms with Gasteiger partial charge in [-0.15, -0.1) is 0 Å². The summed E-state index contributed by atoms with van der Waals surface area (Å²) in [5.74, 6) is 0.458. The van der Waals surface area contributed by atoms with Crippen LogP contribution in [0, 0.1) is 6.92 Å². The zero-order valence-corrected chi connectivity index (χ0v) is 17.2. The maximum Gasteiger partial charge on any atom is 0.165 e. The average Bonchev–Trinajstić information content (AvgIpc) is 3.17. The van der Waals surface area contributed by atoms with Crippen molar-refractivity contribution in [3.63, 3.8) is 0 Å². The number of aryl methyl sites for hydroxylation is 1. The van der Waals surface area contributed by atoms with Crippen LogP contribution < -0.4 is 0 Å². The van der Waals surface area contributed by atoms with Gasteiger partial charge in [0, 0.05) is 28.8 Å². The fraction of sp³-hybridized carbons (Fsp3) is 0.192. The van der Waals surface area contributed by atoms with Gasteiger partial charge in [-0.1, -0.05) is 54.6 Å². The first-order valence-corrected chi connectivity index (χ1v) is 10.7. The third-order valence-corrected chi connectivity index (χ3v) is 6.23. The lowest BCUT2D eigenvalue weighted by Gasteiger charge is -2.31. The number of hydrogen-bond donors (Lipinski definition) is 1. The Labute approximate surface area is 180 Å². The molecular formula is C26H22N4O. The van der Waals surface area contributed by atoms with Gasteiger partial charge >= 0.3 is 0 Å². The summed E-state index contributed by atoms with van der Waals surface area (Å²) in [6.07, 6.45) is 3.43. The molecule has 1 saturated carbocycles. The van der Waals surface area contributed by atoms with Gasteiger partial charge in [-0.3, -0.25) is 0 Å². The molecule has 0 amide bonds. The largest absolute Gasteiger partial charge is 0.393 e. The first-order chi connectivity index (χ1) is 15.2. The number of benzene rings is 2. The Morgan fingerprint density at radius 1 is 0.935 bits per heavy atom. The number of rotatable bonds is 3. The zero-order chi connectivity index (χ0) is 20.9. The summed E-state index contributed by atoms with van der Waals surface area (Å²) in [7, 11) is 0. The van der Waals surface area contributed by atoms with Crippen LogP contribution in [0.5, 0.6) is 0 Å². The number of aromatic nitrogens is 4. The molecule has 0 saturated heterocycles. The summed E-state index contributed by atoms with van der Waals surface area (Å²) in [6.45, 7) is 1.97. The van der Waals surface area contributed by atoms with Crippen molar-refractivity contribution >= 4 is 16.7 Å². The van der Waals surface area contributed by atoms with Gasteiger partial charge in [0.15, 0.2) is 11.3 Å². The molecule has 1 aliphatic rings. The summed E-state index contributed by atoms with van der Waals surface area (Å²) >= 11 is 0. The second kappa shape index (κ2) is 7.00. The first-order valence-electron chi connectivity index (χ1n) is 10.7. The maximum atomic E-state index is 9.64. The Morgan fingerprint density at radius 3 is 2.45 bits per heavy atom. The highest BCUT2D eigenvalue weighted by molar-refractivity contribution is 5.90. The van der Waals surface area contributed by atoms with Crippen LogP contribution in [-0.4, -0.2) is 30.8 Å². The third kappa shape index (κ3) is 3.09. The van der Waals surface area contributed by atoms with Crippen LogP contribution >= 0.6 is 0 Å². The number of hydrogen-bond acceptors (Lipinski definition) is 4. The van der Waals surface area contributed by atoms with Crippen molar-refractivity contribution in [2.24, 2.45) is 0 Å². The molecule has 31 heavy (non-hydrogen) atoms. The third-order valence-electron chi connectivity index (χ3n) is 6.23. The number of aliphatic hydroxyl groups excluding tert-OH is 1. The zero-order valence-electron chi connectivity index (χ0n) is 17.2. The molecule has 0 atom stereocenters. The van der Waals surface area contributed by atoms with E-state index in [-0.39, 0.29) is 6.10 Å². The fourth-order valence-electron chi connectivity index (χ4n) is 4.48. The molecule has 5 heteroatoms. The number of pyridine rings is 1. The van der Waals surface area contributed by atoms with Gasteiger partial charge in [0.1, 0.15) is 0 Å². The molecule has 0 aliphatic heterocycles. The predicted molar refractivity (Wildman–Crippen MR) is 122 cm³/mol. The minimum absolute atomic E-state index is 0.148. The Morgan fingerprint density at radius 2 is 1.71 bits per heavy atom. The molecule has 3 aromatic heterocycles. The first kappa shape index (κ1) is 18.2. The van der Waals surface area contributed by atoms with E-state index in [1.807, 2.05) is 41.9 Å². The molecule has 3 heterocycles. The second-order valence-electron chi connectivity index (χ2n) is 8.42. The van der Waals surface area contributed by atoms with Gasteiger partial charge in [0.05, 0.1) is 17.5 Å². The predicted octanol–water partition coefficient (Wildman–Crippen LogP) is 5.16. The highest BCUT2D eigenvalue weighted by Crippen LogP contribution is 2.38. The Bertz CT molecular complexity index is 1400. The summed E-state index contributed by atoms with van der Waals surface area (Å²) in [4.78, 5) is 9.66. The lowest BCUT2D eigenvalue weighted by atomic mass is 9.77. The SMILES string of the molecule is Cc1cc2ncc3cc(-c4ccccc4)c(-c4ccc(C5CC(O)C5)cc4)nc3n2n1. The maximum absolute atomic E-state index is 9.64. The summed E-state index contributed by atoms with van der Waals surface area (Å²) < 4.78 is 1.83. The topological polar surface area (TPSA) is 63.3 Å². The molecule has 6 rings (SSSR count). The standard InChI is InChI=1S/C26H22N4O/c1-16-11-24-27-15-21-14-23(18-5-3-2-4-6-18)25(28-26(21)30(24)29-16)19-9-7-17(8-10-19)20-12-22(31)13-20/h2-11,14-15,20,22,31H,12-13H2,1H3. The van der Waals surface area contributed by atoms with Gasteiger partial charge in [-0.05, 0) is 42.9 Å². The Balaban J connectivity index is 1.55. The van der Waals surface area contributed by atoms with Gasteiger partial charge in [-0.25, -0.2) is 9.97 Å². The van der Waals surface area contributed by atoms with Gasteiger partial charge in [0.2, 0.25) is 0 Å². The van der Waals surface area contributed by atoms with E-state index < -0.39 is 0 Å². The number of aliphatic hydroxyl groups is 1. The van der Waals surface area contributed by atoms with E-state index in [4.69, 9.17) is 4.98 Å². The van der Waals surface area contributed by atoms with E-state index in [1.54, 1.807) is 0 Å². The van der Waals surface area contributed by atoms with Crippen LogP contribution in [0.3, 0.4) is 0 Å². The highest BCUT2D eigenvalue weighted by Gasteiger charge is 2.28. The van der Waals surface area contributed by atoms with Crippen molar-refractivity contribution in [3.05, 3.63) is 84.2 Å². The molecule has 0 bridgehead atoms. The average molecular weight is 406 g/mol. The molecule has 1 aliphatic carbocycles. The van der Waals surface area contributed by atoms with Crippen LogP contribution in [0.15, 0.2) is 72.9 Å². The second-order valence-corrected chi connectivity index (χ2v) is 8.42. The van der Waals surface area contributed by atoms with Crippen molar-refractivity contribution < 1.29 is 5.11 Å². The smallest absolute Gasteiger partial charge is 0.165 e. The highest BCUT2D eigenvalue weighted by atomic mass is 16.3. The van der Waals surface area contributed by atoms with E-state index in [2.05, 4.69) is 52.5 Å². The van der Waals surface area contributed by atoms with Crippen LogP contribution in [0.2, 0.25) is 0 Å². The normalized spacial score (nSPS) is 18.4. The minimum Gasteiger partial charge on any atom is -0.393 e. The van der Waals surface area contributed by atoms with Gasteiger partial charge in [0.25, 0.3) is 0 Å². The Hall–Kier alpha value is -3.57. The van der Waals surface area contributed by atoms with Crippen molar-refractivity contribution in [2.45, 2.75) is 31.8 Å². The van der Waals surface area contributed by atoms with E-state index >= 15 is 0 Å². The van der Waals surface area contributed by atoms with Gasteiger partial charge < -0.3 is 5.11 Å². The van der Waals surface area contributed by atoms with Crippen molar-refractivity contribution in [1.82, 2.24) is 19.6 Å². The molecule has 5 nitrogen and oxygen atoms in total. The summed E-state index contributed by atoms with van der Waals surface area (Å²) in [5.41, 5.74) is 8.00. The molecule has 5 aromatic rings. The van der Waals surface area contributed by atoms with Crippen LogP contribution in [-0.2, 0) is 0 Å². The summed E-state index contributed by atoms with van der Waals surface area (Å²) in [5, 5.41) is 15.2. The molecule has 2 aromatic carbocycles. The van der Waals surface area contributed by atoms with E-state index in [0.29, 0.717) is 5.92 Å². The van der Waals surface area contributed by atoms with Crippen LogP contribution in [0.1, 0.15) is 30.0 Å². The van der Waals surface area contributed by atoms with Crippen LogP contribution in [0.25, 0.3) is 39.1 Å². The quantitative estimate of drug-likeness (QED) is 0.450. The van der Waals surface area contributed by atoms with E-state index in [1.165, 1.54) is 5.56 Å². The van der Waals surface area contributed by atoms with Crippen LogP contribution in [0.4, 0.5) is 0 Å². The van der Waals surface area contributed by atoms with Crippen molar-refractivity contribution in [2.75, 3.05) is 0 Å². The van der Waals surface area contributed by atoms with Crippen molar-refractivity contribution in [3.8, 4) is 22.4 Å². The number of fused-ring (bicyclic) bond motifs is 3.